The second-order valence-corrected chi connectivity index (χ2v) is 3.38. The average Bonchev–Trinajstić information content (AvgIpc) is 2.18. The lowest BCUT2D eigenvalue weighted by Gasteiger charge is -2.25. The molecule has 86 valence electrons. The highest BCUT2D eigenvalue weighted by Gasteiger charge is 1.98. The number of ether oxygens (including phenoxy) is 3. The Bertz CT molecular complexity index is 101. The van der Waals surface area contributed by atoms with Gasteiger partial charge in [0.2, 0.25) is 0 Å². The van der Waals surface area contributed by atoms with Gasteiger partial charge in [-0.05, 0) is 6.42 Å². The standard InChI is InChI=1S/C11H23O3/c1-4-5-6-7-14-10-11(8-12-2)9-13-3/h10-11H,4-9H2,1-3H3/q-1. The first kappa shape index (κ1) is 13.9. The third-order valence-electron chi connectivity index (χ3n) is 1.92. The molecule has 0 aliphatic carbocycles. The molecule has 0 saturated heterocycles. The van der Waals surface area contributed by atoms with E-state index in [2.05, 4.69) is 6.92 Å². The summed E-state index contributed by atoms with van der Waals surface area (Å²) in [6.45, 7) is 6.13. The lowest BCUT2D eigenvalue weighted by Crippen LogP contribution is -2.16. The third-order valence-corrected chi connectivity index (χ3v) is 1.92. The second-order valence-electron chi connectivity index (χ2n) is 3.38. The van der Waals surface area contributed by atoms with Gasteiger partial charge in [-0.25, -0.2) is 6.61 Å². The van der Waals surface area contributed by atoms with Crippen molar-refractivity contribution >= 4 is 0 Å². The van der Waals surface area contributed by atoms with Gasteiger partial charge in [0.05, 0.1) is 0 Å². The van der Waals surface area contributed by atoms with Crippen molar-refractivity contribution in [3.05, 3.63) is 6.61 Å². The molecular formula is C11H23O3-. The summed E-state index contributed by atoms with van der Waals surface area (Å²) in [4.78, 5) is 0. The highest BCUT2D eigenvalue weighted by Crippen LogP contribution is 2.05. The van der Waals surface area contributed by atoms with Crippen LogP contribution in [0.1, 0.15) is 26.2 Å². The maximum absolute atomic E-state index is 5.42. The van der Waals surface area contributed by atoms with Crippen LogP contribution in [0.15, 0.2) is 0 Å². The van der Waals surface area contributed by atoms with Crippen LogP contribution >= 0.6 is 0 Å². The molecule has 14 heavy (non-hydrogen) atoms. The molecule has 0 saturated carbocycles. The van der Waals surface area contributed by atoms with Gasteiger partial charge >= 0.3 is 0 Å². The minimum atomic E-state index is 0.242. The van der Waals surface area contributed by atoms with Gasteiger partial charge in [0.25, 0.3) is 0 Å². The van der Waals surface area contributed by atoms with Crippen LogP contribution in [-0.4, -0.2) is 34.0 Å². The average molecular weight is 203 g/mol. The molecule has 0 bridgehead atoms. The van der Waals surface area contributed by atoms with Gasteiger partial charge in [0.15, 0.2) is 0 Å². The zero-order valence-electron chi connectivity index (χ0n) is 9.62. The fourth-order valence-electron chi connectivity index (χ4n) is 1.19. The zero-order chi connectivity index (χ0) is 10.6. The summed E-state index contributed by atoms with van der Waals surface area (Å²) in [5.74, 6) is 0.242. The van der Waals surface area contributed by atoms with E-state index < -0.39 is 0 Å². The molecule has 0 aliphatic heterocycles. The van der Waals surface area contributed by atoms with E-state index in [-0.39, 0.29) is 5.92 Å². The molecule has 3 nitrogen and oxygen atoms in total. The van der Waals surface area contributed by atoms with E-state index in [0.29, 0.717) is 13.2 Å². The molecule has 3 heteroatoms. The van der Waals surface area contributed by atoms with Gasteiger partial charge < -0.3 is 14.2 Å². The minimum Gasteiger partial charge on any atom is -0.552 e. The van der Waals surface area contributed by atoms with Crippen LogP contribution in [0, 0.1) is 12.5 Å². The summed E-state index contributed by atoms with van der Waals surface area (Å²) < 4.78 is 15.5. The smallest absolute Gasteiger partial charge is 0.0353 e. The number of rotatable bonds is 10. The predicted octanol–water partition coefficient (Wildman–Crippen LogP) is 2.26. The Labute approximate surface area is 87.7 Å². The Morgan fingerprint density at radius 3 is 2.21 bits per heavy atom. The van der Waals surface area contributed by atoms with E-state index in [9.17, 15) is 0 Å². The van der Waals surface area contributed by atoms with E-state index in [1.54, 1.807) is 14.2 Å². The Morgan fingerprint density at radius 1 is 1.07 bits per heavy atom. The molecule has 0 atom stereocenters. The Hall–Kier alpha value is -0.120. The molecule has 0 fully saturated rings. The summed E-state index contributed by atoms with van der Waals surface area (Å²) in [7, 11) is 3.38. The Kier molecular flexibility index (Phi) is 10.9. The normalized spacial score (nSPS) is 11.1. The van der Waals surface area contributed by atoms with Gasteiger partial charge in [-0.1, -0.05) is 25.7 Å². The molecule has 0 aromatic heterocycles. The molecule has 0 spiro atoms. The van der Waals surface area contributed by atoms with Crippen molar-refractivity contribution in [3.8, 4) is 0 Å². The van der Waals surface area contributed by atoms with Crippen LogP contribution in [0.25, 0.3) is 0 Å². The van der Waals surface area contributed by atoms with Crippen molar-refractivity contribution in [2.75, 3.05) is 34.0 Å². The fourth-order valence-corrected chi connectivity index (χ4v) is 1.19. The molecule has 0 aromatic rings. The minimum absolute atomic E-state index is 0.242. The number of methoxy groups -OCH3 is 2. The van der Waals surface area contributed by atoms with Gasteiger partial charge in [0.1, 0.15) is 0 Å². The van der Waals surface area contributed by atoms with Gasteiger partial charge in [-0.2, -0.15) is 0 Å². The summed E-state index contributed by atoms with van der Waals surface area (Å²) >= 11 is 0. The van der Waals surface area contributed by atoms with Crippen molar-refractivity contribution in [1.29, 1.82) is 0 Å². The third kappa shape index (κ3) is 8.48. The van der Waals surface area contributed by atoms with E-state index in [4.69, 9.17) is 14.2 Å². The van der Waals surface area contributed by atoms with Crippen LogP contribution in [0.4, 0.5) is 0 Å². The van der Waals surface area contributed by atoms with Crippen molar-refractivity contribution < 1.29 is 14.2 Å². The molecule has 0 radical (unpaired) electrons. The Balaban J connectivity index is 3.30. The zero-order valence-corrected chi connectivity index (χ0v) is 9.62. The first-order chi connectivity index (χ1) is 6.85. The Morgan fingerprint density at radius 2 is 1.71 bits per heavy atom. The first-order valence-corrected chi connectivity index (χ1v) is 5.28. The van der Waals surface area contributed by atoms with E-state index in [1.165, 1.54) is 12.8 Å². The van der Waals surface area contributed by atoms with E-state index >= 15 is 0 Å². The van der Waals surface area contributed by atoms with Crippen LogP contribution in [0.3, 0.4) is 0 Å². The number of unbranched alkanes of at least 4 members (excludes halogenated alkanes) is 2. The number of hydrogen-bond acceptors (Lipinski definition) is 3. The summed E-state index contributed by atoms with van der Waals surface area (Å²) in [6.07, 6.45) is 3.58. The lowest BCUT2D eigenvalue weighted by molar-refractivity contribution is 0.0547. The maximum Gasteiger partial charge on any atom is 0.0353 e. The molecule has 0 unspecified atom stereocenters. The van der Waals surface area contributed by atoms with Crippen LogP contribution in [0.2, 0.25) is 0 Å². The van der Waals surface area contributed by atoms with Crippen LogP contribution in [0.5, 0.6) is 0 Å². The van der Waals surface area contributed by atoms with Crippen molar-refractivity contribution in [3.63, 3.8) is 0 Å². The molecule has 0 rings (SSSR count). The van der Waals surface area contributed by atoms with Crippen molar-refractivity contribution in [2.24, 2.45) is 5.92 Å². The molecule has 0 N–H and O–H groups in total. The van der Waals surface area contributed by atoms with Gasteiger partial charge in [0, 0.05) is 34.0 Å². The molecule has 0 aromatic carbocycles. The van der Waals surface area contributed by atoms with Crippen molar-refractivity contribution in [2.45, 2.75) is 26.2 Å². The highest BCUT2D eigenvalue weighted by molar-refractivity contribution is 4.66. The SMILES string of the molecule is CCCCCO[CH-]C(COC)COC. The number of hydrogen-bond donors (Lipinski definition) is 0. The van der Waals surface area contributed by atoms with E-state index in [0.717, 1.165) is 13.0 Å². The maximum atomic E-state index is 5.42. The largest absolute Gasteiger partial charge is 0.552 e. The molecule has 0 amide bonds. The lowest BCUT2D eigenvalue weighted by atomic mass is 10.2. The molecule has 0 heterocycles. The first-order valence-electron chi connectivity index (χ1n) is 5.28. The predicted molar refractivity (Wildman–Crippen MR) is 57.0 cm³/mol. The van der Waals surface area contributed by atoms with Gasteiger partial charge in [-0.3, -0.25) is 0 Å². The monoisotopic (exact) mass is 203 g/mol. The molecule has 0 aliphatic rings. The van der Waals surface area contributed by atoms with Crippen LogP contribution < -0.4 is 0 Å². The second kappa shape index (κ2) is 11.0. The topological polar surface area (TPSA) is 27.7 Å². The van der Waals surface area contributed by atoms with E-state index in [1.807, 2.05) is 6.61 Å². The van der Waals surface area contributed by atoms with Gasteiger partial charge in [-0.15, -0.1) is 0 Å². The summed E-state index contributed by atoms with van der Waals surface area (Å²) in [6, 6.07) is 0. The quantitative estimate of drug-likeness (QED) is 0.402. The molecular weight excluding hydrogens is 180 g/mol. The van der Waals surface area contributed by atoms with Crippen LogP contribution in [-0.2, 0) is 14.2 Å². The summed E-state index contributed by atoms with van der Waals surface area (Å²) in [5.41, 5.74) is 0. The highest BCUT2D eigenvalue weighted by atomic mass is 16.5. The fraction of sp³-hybridized carbons (Fsp3) is 0.909. The van der Waals surface area contributed by atoms with Crippen molar-refractivity contribution in [1.82, 2.24) is 0 Å². The summed E-state index contributed by atoms with van der Waals surface area (Å²) in [5, 5.41) is 0.